The number of carbonyl (C=O) groups excluding carboxylic acids is 1. The Morgan fingerprint density at radius 1 is 1.30 bits per heavy atom. The molecule has 0 aliphatic rings. The van der Waals surface area contributed by atoms with E-state index in [4.69, 9.17) is 33.4 Å². The van der Waals surface area contributed by atoms with Gasteiger partial charge < -0.3 is 15.5 Å². The van der Waals surface area contributed by atoms with Crippen molar-refractivity contribution in [2.24, 2.45) is 0 Å². The van der Waals surface area contributed by atoms with Crippen molar-refractivity contribution in [3.63, 3.8) is 0 Å². The minimum Gasteiger partial charge on any atom is -0.467 e. The molecule has 1 amide bonds. The molecule has 0 saturated carbocycles. The zero-order valence-corrected chi connectivity index (χ0v) is 13.2. The van der Waals surface area contributed by atoms with Gasteiger partial charge in [0.05, 0.1) is 28.5 Å². The van der Waals surface area contributed by atoms with E-state index >= 15 is 0 Å². The first kappa shape index (κ1) is 15.4. The molecule has 0 unspecified atom stereocenters. The largest absolute Gasteiger partial charge is 0.467 e. The number of rotatable bonds is 4. The minimum atomic E-state index is -0.454. The fraction of sp³-hybridized carbons (Fsp3) is 0.0714. The number of hydrogen-bond acceptors (Lipinski definition) is 5. The average molecular weight is 352 g/mol. The molecule has 3 aromatic rings. The molecule has 0 aliphatic carbocycles. The third-order valence-electron chi connectivity index (χ3n) is 3.07. The molecule has 0 atom stereocenters. The van der Waals surface area contributed by atoms with Crippen LogP contribution in [0.25, 0.3) is 5.69 Å². The molecular weight excluding hydrogens is 341 g/mol. The van der Waals surface area contributed by atoms with Crippen LogP contribution in [0.4, 0.5) is 5.82 Å². The first-order valence-electron chi connectivity index (χ1n) is 6.53. The predicted octanol–water partition coefficient (Wildman–Crippen LogP) is 2.68. The summed E-state index contributed by atoms with van der Waals surface area (Å²) in [6.45, 7) is 0.227. The second-order valence-electron chi connectivity index (χ2n) is 4.60. The van der Waals surface area contributed by atoms with E-state index in [1.165, 1.54) is 10.9 Å². The van der Waals surface area contributed by atoms with Gasteiger partial charge in [0, 0.05) is 0 Å². The normalized spacial score (nSPS) is 10.7. The molecule has 0 bridgehead atoms. The molecule has 0 fully saturated rings. The second kappa shape index (κ2) is 6.31. The van der Waals surface area contributed by atoms with E-state index in [9.17, 15) is 4.79 Å². The third-order valence-corrected chi connectivity index (χ3v) is 3.81. The highest BCUT2D eigenvalue weighted by Crippen LogP contribution is 2.25. The van der Waals surface area contributed by atoms with Crippen LogP contribution in [-0.2, 0) is 6.54 Å². The fourth-order valence-corrected chi connectivity index (χ4v) is 2.22. The number of carbonyl (C=O) groups is 1. The molecule has 1 aromatic carbocycles. The van der Waals surface area contributed by atoms with Gasteiger partial charge in [0.15, 0.2) is 11.5 Å². The maximum absolute atomic E-state index is 12.1. The van der Waals surface area contributed by atoms with Crippen molar-refractivity contribution in [2.45, 2.75) is 6.54 Å². The minimum absolute atomic E-state index is 0.0163. The molecule has 3 N–H and O–H groups in total. The summed E-state index contributed by atoms with van der Waals surface area (Å²) in [5, 5.41) is 11.1. The maximum atomic E-state index is 12.1. The summed E-state index contributed by atoms with van der Waals surface area (Å²) < 4.78 is 6.44. The molecular formula is C14H11Cl2N5O2. The Hall–Kier alpha value is -2.51. The molecule has 2 heterocycles. The van der Waals surface area contributed by atoms with E-state index in [1.54, 1.807) is 30.3 Å². The van der Waals surface area contributed by atoms with Crippen LogP contribution in [0.5, 0.6) is 0 Å². The van der Waals surface area contributed by atoms with Crippen molar-refractivity contribution in [1.82, 2.24) is 20.3 Å². The fourth-order valence-electron chi connectivity index (χ4n) is 1.92. The Kier molecular flexibility index (Phi) is 4.22. The lowest BCUT2D eigenvalue weighted by Gasteiger charge is -2.05. The van der Waals surface area contributed by atoms with Crippen LogP contribution in [0.3, 0.4) is 0 Å². The van der Waals surface area contributed by atoms with Gasteiger partial charge in [-0.3, -0.25) is 4.79 Å². The highest BCUT2D eigenvalue weighted by atomic mass is 35.5. The predicted molar refractivity (Wildman–Crippen MR) is 85.7 cm³/mol. The van der Waals surface area contributed by atoms with Gasteiger partial charge in [-0.1, -0.05) is 28.4 Å². The molecule has 3 rings (SSSR count). The van der Waals surface area contributed by atoms with Gasteiger partial charge >= 0.3 is 0 Å². The molecule has 0 spiro atoms. The first-order valence-corrected chi connectivity index (χ1v) is 7.29. The number of aromatic nitrogens is 3. The highest BCUT2D eigenvalue weighted by Gasteiger charge is 2.18. The number of amides is 1. The van der Waals surface area contributed by atoms with Gasteiger partial charge in [0.2, 0.25) is 0 Å². The SMILES string of the molecule is Nc1c(C(=O)NCc2ccco2)nnn1-c1ccc(Cl)c(Cl)c1. The van der Waals surface area contributed by atoms with Crippen molar-refractivity contribution >= 4 is 34.9 Å². The van der Waals surface area contributed by atoms with E-state index in [2.05, 4.69) is 15.6 Å². The van der Waals surface area contributed by atoms with Gasteiger partial charge in [-0.05, 0) is 30.3 Å². The van der Waals surface area contributed by atoms with Crippen molar-refractivity contribution < 1.29 is 9.21 Å². The van der Waals surface area contributed by atoms with Crippen LogP contribution in [0.1, 0.15) is 16.2 Å². The highest BCUT2D eigenvalue weighted by molar-refractivity contribution is 6.42. The lowest BCUT2D eigenvalue weighted by atomic mass is 10.3. The van der Waals surface area contributed by atoms with Gasteiger partial charge in [0.25, 0.3) is 5.91 Å². The Labute approximate surface area is 141 Å². The number of nitrogen functional groups attached to an aromatic ring is 1. The number of nitrogens with one attached hydrogen (secondary N) is 1. The van der Waals surface area contributed by atoms with E-state index in [0.29, 0.717) is 21.5 Å². The quantitative estimate of drug-likeness (QED) is 0.752. The maximum Gasteiger partial charge on any atom is 0.276 e. The standard InChI is InChI=1S/C14H11Cl2N5O2/c15-10-4-3-8(6-11(10)16)21-13(17)12(19-20-21)14(22)18-7-9-2-1-5-23-9/h1-6H,7,17H2,(H,18,22). The van der Waals surface area contributed by atoms with E-state index in [0.717, 1.165) is 0 Å². The summed E-state index contributed by atoms with van der Waals surface area (Å²) >= 11 is 11.8. The molecule has 9 heteroatoms. The molecule has 7 nitrogen and oxygen atoms in total. The summed E-state index contributed by atoms with van der Waals surface area (Å²) in [5.74, 6) is 0.263. The van der Waals surface area contributed by atoms with Crippen molar-refractivity contribution in [3.8, 4) is 5.69 Å². The number of nitrogens with zero attached hydrogens (tertiary/aromatic N) is 3. The molecule has 0 aliphatic heterocycles. The first-order chi connectivity index (χ1) is 11.1. The van der Waals surface area contributed by atoms with Crippen LogP contribution in [0.15, 0.2) is 41.0 Å². The smallest absolute Gasteiger partial charge is 0.276 e. The summed E-state index contributed by atoms with van der Waals surface area (Å²) in [6.07, 6.45) is 1.52. The second-order valence-corrected chi connectivity index (χ2v) is 5.41. The van der Waals surface area contributed by atoms with Gasteiger partial charge in [-0.15, -0.1) is 5.10 Å². The molecule has 0 saturated heterocycles. The number of halogens is 2. The van der Waals surface area contributed by atoms with E-state index in [-0.39, 0.29) is 18.1 Å². The van der Waals surface area contributed by atoms with Crippen molar-refractivity contribution in [3.05, 3.63) is 58.1 Å². The van der Waals surface area contributed by atoms with Crippen LogP contribution in [0.2, 0.25) is 10.0 Å². The van der Waals surface area contributed by atoms with Gasteiger partial charge in [-0.2, -0.15) is 4.68 Å². The average Bonchev–Trinajstić information content (AvgIpc) is 3.17. The van der Waals surface area contributed by atoms with Crippen molar-refractivity contribution in [1.29, 1.82) is 0 Å². The zero-order chi connectivity index (χ0) is 16.4. The Bertz CT molecular complexity index is 845. The van der Waals surface area contributed by atoms with Crippen LogP contribution in [-0.4, -0.2) is 20.9 Å². The third kappa shape index (κ3) is 3.15. The lowest BCUT2D eigenvalue weighted by molar-refractivity contribution is 0.0944. The summed E-state index contributed by atoms with van der Waals surface area (Å²) in [7, 11) is 0. The van der Waals surface area contributed by atoms with Crippen LogP contribution < -0.4 is 11.1 Å². The Morgan fingerprint density at radius 3 is 2.83 bits per heavy atom. The number of nitrogens with two attached hydrogens (primary N) is 1. The summed E-state index contributed by atoms with van der Waals surface area (Å²) in [6, 6.07) is 8.34. The molecule has 0 radical (unpaired) electrons. The lowest BCUT2D eigenvalue weighted by Crippen LogP contribution is -2.24. The monoisotopic (exact) mass is 351 g/mol. The number of benzene rings is 1. The van der Waals surface area contributed by atoms with Crippen LogP contribution in [0, 0.1) is 0 Å². The van der Waals surface area contributed by atoms with Gasteiger partial charge in [-0.25, -0.2) is 0 Å². The number of anilines is 1. The molecule has 118 valence electrons. The topological polar surface area (TPSA) is 99.0 Å². The Balaban J connectivity index is 1.80. The number of hydrogen-bond donors (Lipinski definition) is 2. The van der Waals surface area contributed by atoms with E-state index in [1.807, 2.05) is 0 Å². The molecule has 2 aromatic heterocycles. The summed E-state index contributed by atoms with van der Waals surface area (Å²) in [4.78, 5) is 12.1. The zero-order valence-electron chi connectivity index (χ0n) is 11.7. The molecule has 23 heavy (non-hydrogen) atoms. The number of furan rings is 1. The van der Waals surface area contributed by atoms with Crippen molar-refractivity contribution in [2.75, 3.05) is 5.73 Å². The van der Waals surface area contributed by atoms with Gasteiger partial charge in [0.1, 0.15) is 5.76 Å². The summed E-state index contributed by atoms with van der Waals surface area (Å²) in [5.41, 5.74) is 6.52. The Morgan fingerprint density at radius 2 is 2.13 bits per heavy atom. The van der Waals surface area contributed by atoms with Crippen LogP contribution >= 0.6 is 23.2 Å². The van der Waals surface area contributed by atoms with E-state index < -0.39 is 5.91 Å².